The Morgan fingerprint density at radius 3 is 2.29 bits per heavy atom. The summed E-state index contributed by atoms with van der Waals surface area (Å²) in [5.74, 6) is 0. The normalized spacial score (nSPS) is 12.8. The highest BCUT2D eigenvalue weighted by Crippen LogP contribution is 2.24. The summed E-state index contributed by atoms with van der Waals surface area (Å²) >= 11 is 0. The zero-order valence-electron chi connectivity index (χ0n) is 12.8. The Balaban J connectivity index is 2.23. The molecular weight excluding hydrogens is 286 g/mol. The zero-order valence-corrected chi connectivity index (χ0v) is 13.6. The molecule has 21 heavy (non-hydrogen) atoms. The minimum atomic E-state index is -3.49. The first kappa shape index (κ1) is 15.7. The predicted molar refractivity (Wildman–Crippen MR) is 82.4 cm³/mol. The Morgan fingerprint density at radius 1 is 1.19 bits per heavy atom. The fourth-order valence-electron chi connectivity index (χ4n) is 2.01. The standard InChI is InChI=1S/C15H21N3O2S/c1-15(2,3)13-5-7-14(8-6-13)21(19,20)18(4)11-12-9-16-17-10-12/h5-10H,11H2,1-4H3,(H,16,17). The molecule has 114 valence electrons. The minimum Gasteiger partial charge on any atom is -0.285 e. The fraction of sp³-hybridized carbons (Fsp3) is 0.400. The summed E-state index contributed by atoms with van der Waals surface area (Å²) in [6, 6.07) is 7.08. The van der Waals surface area contributed by atoms with Crippen LogP contribution in [-0.4, -0.2) is 30.0 Å². The summed E-state index contributed by atoms with van der Waals surface area (Å²) in [4.78, 5) is 0.307. The molecule has 0 radical (unpaired) electrons. The molecule has 0 aliphatic heterocycles. The van der Waals surface area contributed by atoms with E-state index in [0.29, 0.717) is 11.4 Å². The summed E-state index contributed by atoms with van der Waals surface area (Å²) in [6.45, 7) is 6.59. The summed E-state index contributed by atoms with van der Waals surface area (Å²) in [6.07, 6.45) is 3.31. The van der Waals surface area contributed by atoms with E-state index >= 15 is 0 Å². The summed E-state index contributed by atoms with van der Waals surface area (Å²) in [5.41, 5.74) is 1.94. The number of hydrogen-bond acceptors (Lipinski definition) is 3. The van der Waals surface area contributed by atoms with Crippen LogP contribution in [0, 0.1) is 0 Å². The van der Waals surface area contributed by atoms with Crippen LogP contribution in [0.15, 0.2) is 41.6 Å². The van der Waals surface area contributed by atoms with E-state index in [2.05, 4.69) is 31.0 Å². The molecule has 0 atom stereocenters. The van der Waals surface area contributed by atoms with Gasteiger partial charge in [-0.2, -0.15) is 9.40 Å². The van der Waals surface area contributed by atoms with Gasteiger partial charge in [-0.3, -0.25) is 5.10 Å². The third-order valence-electron chi connectivity index (χ3n) is 3.39. The van der Waals surface area contributed by atoms with Gasteiger partial charge < -0.3 is 0 Å². The Morgan fingerprint density at radius 2 is 1.81 bits per heavy atom. The van der Waals surface area contributed by atoms with Gasteiger partial charge in [0.2, 0.25) is 10.0 Å². The van der Waals surface area contributed by atoms with Gasteiger partial charge in [0.1, 0.15) is 0 Å². The van der Waals surface area contributed by atoms with E-state index in [1.165, 1.54) is 4.31 Å². The zero-order chi connectivity index (χ0) is 15.7. The molecule has 0 spiro atoms. The largest absolute Gasteiger partial charge is 0.285 e. The maximum Gasteiger partial charge on any atom is 0.243 e. The van der Waals surface area contributed by atoms with E-state index < -0.39 is 10.0 Å². The van der Waals surface area contributed by atoms with E-state index in [9.17, 15) is 8.42 Å². The Hall–Kier alpha value is -1.66. The second kappa shape index (κ2) is 5.61. The molecular formula is C15H21N3O2S. The molecule has 0 aliphatic rings. The summed E-state index contributed by atoms with van der Waals surface area (Å²) in [5, 5.41) is 6.50. The van der Waals surface area contributed by atoms with E-state index in [4.69, 9.17) is 0 Å². The van der Waals surface area contributed by atoms with Crippen molar-refractivity contribution in [3.05, 3.63) is 47.8 Å². The highest BCUT2D eigenvalue weighted by molar-refractivity contribution is 7.89. The number of aromatic amines is 1. The van der Waals surface area contributed by atoms with Gasteiger partial charge in [-0.05, 0) is 23.1 Å². The molecule has 0 bridgehead atoms. The van der Waals surface area contributed by atoms with Gasteiger partial charge in [0.15, 0.2) is 0 Å². The molecule has 1 N–H and O–H groups in total. The lowest BCUT2D eigenvalue weighted by Crippen LogP contribution is -2.26. The van der Waals surface area contributed by atoms with E-state index in [1.807, 2.05) is 12.1 Å². The second-order valence-corrected chi connectivity index (χ2v) is 8.19. The number of nitrogens with zero attached hydrogens (tertiary/aromatic N) is 2. The van der Waals surface area contributed by atoms with Crippen molar-refractivity contribution < 1.29 is 8.42 Å². The van der Waals surface area contributed by atoms with Crippen molar-refractivity contribution in [3.63, 3.8) is 0 Å². The number of hydrogen-bond donors (Lipinski definition) is 1. The Kier molecular flexibility index (Phi) is 4.20. The molecule has 0 saturated carbocycles. The number of sulfonamides is 1. The topological polar surface area (TPSA) is 66.1 Å². The van der Waals surface area contributed by atoms with Crippen LogP contribution in [0.25, 0.3) is 0 Å². The molecule has 0 fully saturated rings. The number of rotatable bonds is 4. The van der Waals surface area contributed by atoms with Gasteiger partial charge in [-0.1, -0.05) is 32.9 Å². The van der Waals surface area contributed by atoms with E-state index in [1.54, 1.807) is 31.6 Å². The van der Waals surface area contributed by atoms with Gasteiger partial charge in [0, 0.05) is 25.4 Å². The molecule has 5 nitrogen and oxygen atoms in total. The molecule has 2 aromatic rings. The molecule has 0 amide bonds. The van der Waals surface area contributed by atoms with Crippen LogP contribution in [0.4, 0.5) is 0 Å². The van der Waals surface area contributed by atoms with Crippen LogP contribution < -0.4 is 0 Å². The lowest BCUT2D eigenvalue weighted by Gasteiger charge is -2.20. The van der Waals surface area contributed by atoms with Gasteiger partial charge in [0.05, 0.1) is 11.1 Å². The lowest BCUT2D eigenvalue weighted by molar-refractivity contribution is 0.466. The number of nitrogens with one attached hydrogen (secondary N) is 1. The number of H-pyrrole nitrogens is 1. The second-order valence-electron chi connectivity index (χ2n) is 6.14. The molecule has 1 heterocycles. The average Bonchev–Trinajstić information content (AvgIpc) is 2.90. The lowest BCUT2D eigenvalue weighted by atomic mass is 9.87. The van der Waals surface area contributed by atoms with Crippen molar-refractivity contribution >= 4 is 10.0 Å². The molecule has 0 aliphatic carbocycles. The number of aromatic nitrogens is 2. The maximum absolute atomic E-state index is 12.5. The van der Waals surface area contributed by atoms with Crippen molar-refractivity contribution in [2.75, 3.05) is 7.05 Å². The predicted octanol–water partition coefficient (Wildman–Crippen LogP) is 2.53. The van der Waals surface area contributed by atoms with Gasteiger partial charge in [-0.15, -0.1) is 0 Å². The Labute approximate surface area is 126 Å². The molecule has 1 aromatic carbocycles. The smallest absolute Gasteiger partial charge is 0.243 e. The van der Waals surface area contributed by atoms with Gasteiger partial charge in [-0.25, -0.2) is 8.42 Å². The van der Waals surface area contributed by atoms with Gasteiger partial charge >= 0.3 is 0 Å². The minimum absolute atomic E-state index is 0.00495. The summed E-state index contributed by atoms with van der Waals surface area (Å²) < 4.78 is 26.4. The average molecular weight is 307 g/mol. The quantitative estimate of drug-likeness (QED) is 0.944. The van der Waals surface area contributed by atoms with Crippen molar-refractivity contribution in [3.8, 4) is 0 Å². The molecule has 0 unspecified atom stereocenters. The van der Waals surface area contributed by atoms with Crippen LogP contribution in [0.1, 0.15) is 31.9 Å². The van der Waals surface area contributed by atoms with Crippen molar-refractivity contribution in [2.45, 2.75) is 37.6 Å². The molecule has 0 saturated heterocycles. The first-order chi connectivity index (χ1) is 9.71. The summed E-state index contributed by atoms with van der Waals surface area (Å²) in [7, 11) is -1.92. The highest BCUT2D eigenvalue weighted by atomic mass is 32.2. The molecule has 2 rings (SSSR count). The first-order valence-electron chi connectivity index (χ1n) is 6.76. The highest BCUT2D eigenvalue weighted by Gasteiger charge is 2.22. The SMILES string of the molecule is CN(Cc1cn[nH]c1)S(=O)(=O)c1ccc(C(C)(C)C)cc1. The van der Waals surface area contributed by atoms with Crippen LogP contribution >= 0.6 is 0 Å². The van der Waals surface area contributed by atoms with Crippen LogP contribution in [0.2, 0.25) is 0 Å². The van der Waals surface area contributed by atoms with E-state index in [0.717, 1.165) is 11.1 Å². The fourth-order valence-corrected chi connectivity index (χ4v) is 3.17. The number of benzene rings is 1. The molecule has 1 aromatic heterocycles. The van der Waals surface area contributed by atoms with Crippen LogP contribution in [-0.2, 0) is 22.0 Å². The van der Waals surface area contributed by atoms with Crippen LogP contribution in [0.5, 0.6) is 0 Å². The van der Waals surface area contributed by atoms with Crippen molar-refractivity contribution in [2.24, 2.45) is 0 Å². The third kappa shape index (κ3) is 3.51. The Bertz CT molecular complexity index is 684. The third-order valence-corrected chi connectivity index (χ3v) is 5.21. The first-order valence-corrected chi connectivity index (χ1v) is 8.20. The van der Waals surface area contributed by atoms with Crippen molar-refractivity contribution in [1.29, 1.82) is 0 Å². The van der Waals surface area contributed by atoms with E-state index in [-0.39, 0.29) is 5.41 Å². The van der Waals surface area contributed by atoms with Crippen LogP contribution in [0.3, 0.4) is 0 Å². The molecule has 6 heteroatoms. The maximum atomic E-state index is 12.5. The van der Waals surface area contributed by atoms with Crippen molar-refractivity contribution in [1.82, 2.24) is 14.5 Å². The monoisotopic (exact) mass is 307 g/mol. The van der Waals surface area contributed by atoms with Gasteiger partial charge in [0.25, 0.3) is 0 Å².